The highest BCUT2D eigenvalue weighted by Crippen LogP contribution is 1.93. The SMILES string of the molecule is C=C.C=O.CC.CC.CC.CC.CCC(C)C. The molecule has 0 aliphatic rings. The Bertz CT molecular complexity index is 32.5. The average molecular weight is 251 g/mol. The first-order valence-electron chi connectivity index (χ1n) is 7.06. The number of rotatable bonds is 1. The van der Waals surface area contributed by atoms with Crippen molar-refractivity contribution in [3.63, 3.8) is 0 Å². The first kappa shape index (κ1) is 44.0. The molecule has 0 fully saturated rings. The van der Waals surface area contributed by atoms with Gasteiger partial charge in [0, 0.05) is 0 Å². The number of carbonyl (C=O) groups excluding carboxylic acids is 1. The van der Waals surface area contributed by atoms with E-state index in [2.05, 4.69) is 33.9 Å². The van der Waals surface area contributed by atoms with Gasteiger partial charge in [-0.2, -0.15) is 0 Å². The molecule has 0 N–H and O–H groups in total. The molecule has 0 radical (unpaired) electrons. The first-order valence-corrected chi connectivity index (χ1v) is 7.06. The molecule has 0 bridgehead atoms. The molecule has 0 aromatic carbocycles. The molecule has 0 aliphatic carbocycles. The highest BCUT2D eigenvalue weighted by atomic mass is 16.1. The van der Waals surface area contributed by atoms with Crippen molar-refractivity contribution < 1.29 is 4.79 Å². The van der Waals surface area contributed by atoms with Crippen molar-refractivity contribution in [3.8, 4) is 0 Å². The van der Waals surface area contributed by atoms with Crippen LogP contribution in [0.2, 0.25) is 0 Å². The Morgan fingerprint density at radius 2 is 0.765 bits per heavy atom. The van der Waals surface area contributed by atoms with Crippen molar-refractivity contribution in [1.29, 1.82) is 0 Å². The molecule has 0 saturated carbocycles. The van der Waals surface area contributed by atoms with E-state index in [9.17, 15) is 0 Å². The summed E-state index contributed by atoms with van der Waals surface area (Å²) in [6, 6.07) is 0. The Kier molecular flexibility index (Phi) is 712. The molecule has 112 valence electrons. The maximum atomic E-state index is 8.00. The lowest BCUT2D eigenvalue weighted by Crippen LogP contribution is -1.77. The summed E-state index contributed by atoms with van der Waals surface area (Å²) in [5, 5.41) is 0. The molecule has 0 atom stereocenters. The molecule has 0 saturated heterocycles. The van der Waals surface area contributed by atoms with Gasteiger partial charge in [0.1, 0.15) is 6.79 Å². The zero-order chi connectivity index (χ0) is 16.3. The molecule has 0 rings (SSSR count). The molecule has 0 unspecified atom stereocenters. The molecule has 0 spiro atoms. The van der Waals surface area contributed by atoms with Crippen molar-refractivity contribution in [2.24, 2.45) is 5.92 Å². The summed E-state index contributed by atoms with van der Waals surface area (Å²) in [4.78, 5) is 8.00. The van der Waals surface area contributed by atoms with Crippen LogP contribution in [0, 0.1) is 5.92 Å². The van der Waals surface area contributed by atoms with Gasteiger partial charge in [-0.1, -0.05) is 82.6 Å². The van der Waals surface area contributed by atoms with Crippen molar-refractivity contribution in [3.05, 3.63) is 13.2 Å². The third-order valence-corrected chi connectivity index (χ3v) is 0.816. The van der Waals surface area contributed by atoms with E-state index in [-0.39, 0.29) is 0 Å². The number of hydrogen-bond donors (Lipinski definition) is 0. The second-order valence-electron chi connectivity index (χ2n) is 1.80. The van der Waals surface area contributed by atoms with Gasteiger partial charge < -0.3 is 4.79 Å². The Morgan fingerprint density at radius 3 is 0.765 bits per heavy atom. The van der Waals surface area contributed by atoms with Gasteiger partial charge in [-0.25, -0.2) is 0 Å². The summed E-state index contributed by atoms with van der Waals surface area (Å²) in [5.74, 6) is 0.884. The van der Waals surface area contributed by atoms with E-state index >= 15 is 0 Å². The van der Waals surface area contributed by atoms with Gasteiger partial charge in [-0.15, -0.1) is 13.2 Å². The fourth-order valence-corrected chi connectivity index (χ4v) is 0. The van der Waals surface area contributed by atoms with Crippen molar-refractivity contribution >= 4 is 6.79 Å². The van der Waals surface area contributed by atoms with E-state index in [1.807, 2.05) is 62.2 Å². The lowest BCUT2D eigenvalue weighted by Gasteiger charge is -1.90. The van der Waals surface area contributed by atoms with Crippen molar-refractivity contribution in [2.75, 3.05) is 0 Å². The maximum absolute atomic E-state index is 8.00. The van der Waals surface area contributed by atoms with Crippen LogP contribution in [-0.4, -0.2) is 6.79 Å². The molecule has 17 heavy (non-hydrogen) atoms. The smallest absolute Gasteiger partial charge is 0.106 e. The quantitative estimate of drug-likeness (QED) is 0.469. The van der Waals surface area contributed by atoms with E-state index in [0.29, 0.717) is 0 Å². The van der Waals surface area contributed by atoms with Crippen LogP contribution in [0.25, 0.3) is 0 Å². The average Bonchev–Trinajstić information content (AvgIpc) is 2.51. The minimum Gasteiger partial charge on any atom is -0.307 e. The predicted molar refractivity (Wildman–Crippen MR) is 88.9 cm³/mol. The Balaban J connectivity index is -0.0000000147. The third-order valence-electron chi connectivity index (χ3n) is 0.816. The summed E-state index contributed by atoms with van der Waals surface area (Å²) in [6.07, 6.45) is 1.31. The van der Waals surface area contributed by atoms with Crippen LogP contribution < -0.4 is 0 Å². The van der Waals surface area contributed by atoms with Crippen LogP contribution >= 0.6 is 0 Å². The zero-order valence-electron chi connectivity index (χ0n) is 14.8. The van der Waals surface area contributed by atoms with E-state index in [1.165, 1.54) is 6.42 Å². The van der Waals surface area contributed by atoms with Crippen LogP contribution in [0.4, 0.5) is 0 Å². The topological polar surface area (TPSA) is 17.1 Å². The Morgan fingerprint density at radius 1 is 0.706 bits per heavy atom. The molecular formula is C16H42O. The molecule has 0 heterocycles. The minimum absolute atomic E-state index is 0.884. The van der Waals surface area contributed by atoms with E-state index in [4.69, 9.17) is 4.79 Å². The second-order valence-corrected chi connectivity index (χ2v) is 1.80. The second kappa shape index (κ2) is 275. The van der Waals surface area contributed by atoms with Gasteiger partial charge in [-0.3, -0.25) is 0 Å². The highest BCUT2D eigenvalue weighted by Gasteiger charge is 1.80. The first-order chi connectivity index (χ1) is 8.27. The van der Waals surface area contributed by atoms with Crippen LogP contribution in [0.5, 0.6) is 0 Å². The van der Waals surface area contributed by atoms with Gasteiger partial charge >= 0.3 is 0 Å². The van der Waals surface area contributed by atoms with E-state index in [1.54, 1.807) is 0 Å². The molecule has 0 aromatic rings. The number of carbonyl (C=O) groups is 1. The molecule has 0 aliphatic heterocycles. The largest absolute Gasteiger partial charge is 0.307 e. The standard InChI is InChI=1S/C5H12.4C2H6.C2H4.CH2O/c1-4-5(2)3;6*1-2/h5H,4H2,1-3H3;4*1-2H3;1-2H2;1H2. The summed E-state index contributed by atoms with van der Waals surface area (Å²) >= 11 is 0. The Labute approximate surface area is 114 Å². The third kappa shape index (κ3) is 1390. The number of hydrogen-bond acceptors (Lipinski definition) is 1. The molecular weight excluding hydrogens is 208 g/mol. The molecule has 1 nitrogen and oxygen atoms in total. The summed E-state index contributed by atoms with van der Waals surface area (Å²) < 4.78 is 0. The van der Waals surface area contributed by atoms with Crippen molar-refractivity contribution in [1.82, 2.24) is 0 Å². The van der Waals surface area contributed by atoms with E-state index < -0.39 is 0 Å². The molecule has 0 aromatic heterocycles. The lowest BCUT2D eigenvalue weighted by molar-refractivity contribution is -0.0979. The van der Waals surface area contributed by atoms with Gasteiger partial charge in [0.05, 0.1) is 0 Å². The summed E-state index contributed by atoms with van der Waals surface area (Å²) in [6.45, 7) is 30.6. The predicted octanol–water partition coefficient (Wildman–Crippen LogP) is 6.77. The normalized spacial score (nSPS) is 4.71. The van der Waals surface area contributed by atoms with Gasteiger partial charge in [0.25, 0.3) is 0 Å². The highest BCUT2D eigenvalue weighted by molar-refractivity contribution is 5.10. The van der Waals surface area contributed by atoms with Gasteiger partial charge in [0.15, 0.2) is 0 Å². The van der Waals surface area contributed by atoms with Gasteiger partial charge in [-0.05, 0) is 5.92 Å². The fourth-order valence-electron chi connectivity index (χ4n) is 0. The Hall–Kier alpha value is -0.590. The lowest BCUT2D eigenvalue weighted by atomic mass is 10.2. The zero-order valence-corrected chi connectivity index (χ0v) is 14.8. The summed E-state index contributed by atoms with van der Waals surface area (Å²) in [7, 11) is 0. The minimum atomic E-state index is 0.884. The van der Waals surface area contributed by atoms with Crippen LogP contribution in [0.15, 0.2) is 13.2 Å². The summed E-state index contributed by atoms with van der Waals surface area (Å²) in [5.41, 5.74) is 0. The monoisotopic (exact) mass is 250 g/mol. The molecule has 1 heteroatoms. The van der Waals surface area contributed by atoms with E-state index in [0.717, 1.165) is 5.92 Å². The maximum Gasteiger partial charge on any atom is 0.106 e. The van der Waals surface area contributed by atoms with Crippen molar-refractivity contribution in [2.45, 2.75) is 82.6 Å². The molecule has 0 amide bonds. The fraction of sp³-hybridized carbons (Fsp3) is 0.812. The van der Waals surface area contributed by atoms with Crippen LogP contribution in [0.3, 0.4) is 0 Å². The van der Waals surface area contributed by atoms with Crippen LogP contribution in [-0.2, 0) is 4.79 Å². The van der Waals surface area contributed by atoms with Gasteiger partial charge in [0.2, 0.25) is 0 Å². The van der Waals surface area contributed by atoms with Crippen LogP contribution in [0.1, 0.15) is 82.6 Å².